The Bertz CT molecular complexity index is 676. The minimum Gasteiger partial charge on any atom is -0.394 e. The molecule has 0 bridgehead atoms. The third-order valence-corrected chi connectivity index (χ3v) is 4.04. The fourth-order valence-corrected chi connectivity index (χ4v) is 2.58. The number of nitrogens with one attached hydrogen (secondary N) is 2. The van der Waals surface area contributed by atoms with Gasteiger partial charge in [-0.3, -0.25) is 9.82 Å². The summed E-state index contributed by atoms with van der Waals surface area (Å²) in [5.41, 5.74) is 7.76. The summed E-state index contributed by atoms with van der Waals surface area (Å²) in [4.78, 5) is 0.194. The van der Waals surface area contributed by atoms with Gasteiger partial charge in [0.2, 0.25) is 0 Å². The molecule has 0 amide bonds. The Balaban J connectivity index is 2.37. The number of anilines is 2. The highest BCUT2D eigenvalue weighted by Crippen LogP contribution is 2.20. The lowest BCUT2D eigenvalue weighted by Gasteiger charge is -2.08. The quantitative estimate of drug-likeness (QED) is 0.781. The van der Waals surface area contributed by atoms with E-state index in [4.69, 9.17) is 5.73 Å². The van der Waals surface area contributed by atoms with Crippen LogP contribution in [0.5, 0.6) is 0 Å². The number of benzene rings is 1. The zero-order valence-electron chi connectivity index (χ0n) is 10.1. The molecule has 2 rings (SSSR count). The summed E-state index contributed by atoms with van der Waals surface area (Å²) in [5, 5.41) is 6.15. The highest BCUT2D eigenvalue weighted by atomic mass is 32.2. The topological polar surface area (TPSA) is 101 Å². The van der Waals surface area contributed by atoms with Gasteiger partial charge in [0.25, 0.3) is 10.0 Å². The Morgan fingerprint density at radius 1 is 1.28 bits per heavy atom. The second-order valence-corrected chi connectivity index (χ2v) is 5.73. The summed E-state index contributed by atoms with van der Waals surface area (Å²) in [6.07, 6.45) is 1.35. The van der Waals surface area contributed by atoms with Crippen molar-refractivity contribution in [2.45, 2.75) is 18.7 Å². The van der Waals surface area contributed by atoms with Crippen LogP contribution in [0, 0.1) is 13.8 Å². The molecule has 0 atom stereocenters. The van der Waals surface area contributed by atoms with Crippen LogP contribution in [-0.4, -0.2) is 18.6 Å². The van der Waals surface area contributed by atoms with E-state index in [1.165, 1.54) is 6.20 Å². The van der Waals surface area contributed by atoms with Gasteiger partial charge < -0.3 is 5.73 Å². The van der Waals surface area contributed by atoms with E-state index in [0.29, 0.717) is 0 Å². The molecular weight excluding hydrogens is 252 g/mol. The molecule has 2 aromatic rings. The van der Waals surface area contributed by atoms with E-state index in [1.807, 2.05) is 13.8 Å². The smallest absolute Gasteiger partial charge is 0.263 e. The Hall–Kier alpha value is -2.02. The van der Waals surface area contributed by atoms with Crippen LogP contribution in [-0.2, 0) is 10.0 Å². The first-order chi connectivity index (χ1) is 8.40. The second kappa shape index (κ2) is 4.34. The van der Waals surface area contributed by atoms with Crippen LogP contribution in [0.4, 0.5) is 11.5 Å². The minimum atomic E-state index is -3.65. The molecule has 0 radical (unpaired) electrons. The largest absolute Gasteiger partial charge is 0.394 e. The standard InChI is InChI=1S/C11H14N4O2S/c1-7-3-4-9(5-8(7)2)18(16,17)15-11-10(12)6-13-14-11/h3-6H,12H2,1-2H3,(H2,13,14,15). The van der Waals surface area contributed by atoms with Gasteiger partial charge >= 0.3 is 0 Å². The molecule has 96 valence electrons. The summed E-state index contributed by atoms with van der Waals surface area (Å²) in [5.74, 6) is 0.174. The Morgan fingerprint density at radius 3 is 2.56 bits per heavy atom. The molecule has 0 saturated heterocycles. The Kier molecular flexibility index (Phi) is 3.00. The van der Waals surface area contributed by atoms with Gasteiger partial charge in [-0.1, -0.05) is 6.07 Å². The molecule has 0 aliphatic heterocycles. The van der Waals surface area contributed by atoms with Gasteiger partial charge in [0.05, 0.1) is 16.8 Å². The lowest BCUT2D eigenvalue weighted by atomic mass is 10.1. The summed E-state index contributed by atoms with van der Waals surface area (Å²) in [6, 6.07) is 4.93. The number of hydrogen-bond acceptors (Lipinski definition) is 4. The summed E-state index contributed by atoms with van der Waals surface area (Å²) in [7, 11) is -3.65. The normalized spacial score (nSPS) is 11.4. The maximum Gasteiger partial charge on any atom is 0.263 e. The predicted molar refractivity (Wildman–Crippen MR) is 69.7 cm³/mol. The van der Waals surface area contributed by atoms with Gasteiger partial charge in [0.1, 0.15) is 0 Å². The molecule has 0 saturated carbocycles. The number of aromatic amines is 1. The fourth-order valence-electron chi connectivity index (χ4n) is 1.45. The van der Waals surface area contributed by atoms with Crippen molar-refractivity contribution in [3.05, 3.63) is 35.5 Å². The van der Waals surface area contributed by atoms with Crippen molar-refractivity contribution in [1.29, 1.82) is 0 Å². The summed E-state index contributed by atoms with van der Waals surface area (Å²) >= 11 is 0. The molecule has 6 nitrogen and oxygen atoms in total. The van der Waals surface area contributed by atoms with Crippen molar-refractivity contribution < 1.29 is 8.42 Å². The molecule has 1 aromatic carbocycles. The van der Waals surface area contributed by atoms with Crippen LogP contribution in [0.3, 0.4) is 0 Å². The molecule has 0 unspecified atom stereocenters. The van der Waals surface area contributed by atoms with Crippen molar-refractivity contribution >= 4 is 21.5 Å². The summed E-state index contributed by atoms with van der Waals surface area (Å²) < 4.78 is 26.6. The van der Waals surface area contributed by atoms with Gasteiger partial charge in [0.15, 0.2) is 5.82 Å². The van der Waals surface area contributed by atoms with Gasteiger partial charge in [-0.2, -0.15) is 5.10 Å². The third-order valence-electron chi connectivity index (χ3n) is 2.69. The fraction of sp³-hybridized carbons (Fsp3) is 0.182. The third kappa shape index (κ3) is 2.30. The predicted octanol–water partition coefficient (Wildman–Crippen LogP) is 1.41. The van der Waals surface area contributed by atoms with Crippen LogP contribution in [0.1, 0.15) is 11.1 Å². The number of rotatable bonds is 3. The van der Waals surface area contributed by atoms with Crippen molar-refractivity contribution in [3.63, 3.8) is 0 Å². The molecule has 7 heteroatoms. The number of hydrogen-bond donors (Lipinski definition) is 3. The highest BCUT2D eigenvalue weighted by molar-refractivity contribution is 7.92. The van der Waals surface area contributed by atoms with Crippen LogP contribution < -0.4 is 10.5 Å². The monoisotopic (exact) mass is 266 g/mol. The van der Waals surface area contributed by atoms with Crippen molar-refractivity contribution in [3.8, 4) is 0 Å². The first kappa shape index (κ1) is 12.4. The number of aryl methyl sites for hydroxylation is 2. The maximum atomic E-state index is 12.1. The maximum absolute atomic E-state index is 12.1. The van der Waals surface area contributed by atoms with Crippen LogP contribution in [0.2, 0.25) is 0 Å². The van der Waals surface area contributed by atoms with Gasteiger partial charge in [-0.05, 0) is 37.1 Å². The van der Waals surface area contributed by atoms with E-state index in [-0.39, 0.29) is 16.4 Å². The van der Waals surface area contributed by atoms with E-state index in [0.717, 1.165) is 11.1 Å². The molecule has 0 aliphatic rings. The molecular formula is C11H14N4O2S. The summed E-state index contributed by atoms with van der Waals surface area (Å²) in [6.45, 7) is 3.78. The number of aromatic nitrogens is 2. The lowest BCUT2D eigenvalue weighted by Crippen LogP contribution is -2.14. The minimum absolute atomic E-state index is 0.174. The number of sulfonamides is 1. The van der Waals surface area contributed by atoms with E-state index < -0.39 is 10.0 Å². The van der Waals surface area contributed by atoms with Crippen molar-refractivity contribution in [1.82, 2.24) is 10.2 Å². The average molecular weight is 266 g/mol. The van der Waals surface area contributed by atoms with Crippen molar-refractivity contribution in [2.75, 3.05) is 10.5 Å². The molecule has 0 spiro atoms. The first-order valence-electron chi connectivity index (χ1n) is 5.29. The molecule has 4 N–H and O–H groups in total. The molecule has 1 aromatic heterocycles. The van der Waals surface area contributed by atoms with Crippen LogP contribution in [0.25, 0.3) is 0 Å². The Morgan fingerprint density at radius 2 is 2.00 bits per heavy atom. The molecule has 18 heavy (non-hydrogen) atoms. The highest BCUT2D eigenvalue weighted by Gasteiger charge is 2.16. The molecule has 0 aliphatic carbocycles. The van der Waals surface area contributed by atoms with Gasteiger partial charge in [-0.25, -0.2) is 8.42 Å². The van der Waals surface area contributed by atoms with E-state index in [1.54, 1.807) is 18.2 Å². The average Bonchev–Trinajstić information content (AvgIpc) is 2.67. The number of nitrogen functional groups attached to an aromatic ring is 1. The molecule has 0 fully saturated rings. The number of nitrogens with two attached hydrogens (primary N) is 1. The second-order valence-electron chi connectivity index (χ2n) is 4.05. The number of H-pyrrole nitrogens is 1. The van der Waals surface area contributed by atoms with Crippen LogP contribution >= 0.6 is 0 Å². The van der Waals surface area contributed by atoms with E-state index in [9.17, 15) is 8.42 Å². The Labute approximate surface area is 105 Å². The van der Waals surface area contributed by atoms with E-state index in [2.05, 4.69) is 14.9 Å². The van der Waals surface area contributed by atoms with Gasteiger partial charge in [0, 0.05) is 0 Å². The number of nitrogens with zero attached hydrogens (tertiary/aromatic N) is 1. The SMILES string of the molecule is Cc1ccc(S(=O)(=O)Nc2[nH]ncc2N)cc1C. The first-order valence-corrected chi connectivity index (χ1v) is 6.77. The zero-order valence-corrected chi connectivity index (χ0v) is 10.9. The van der Waals surface area contributed by atoms with Crippen LogP contribution in [0.15, 0.2) is 29.3 Å². The van der Waals surface area contributed by atoms with Gasteiger partial charge in [-0.15, -0.1) is 0 Å². The zero-order chi connectivity index (χ0) is 13.3. The van der Waals surface area contributed by atoms with E-state index >= 15 is 0 Å². The lowest BCUT2D eigenvalue weighted by molar-refractivity contribution is 0.601. The van der Waals surface area contributed by atoms with Crippen molar-refractivity contribution in [2.24, 2.45) is 0 Å². The molecule has 1 heterocycles.